The quantitative estimate of drug-likeness (QED) is 0.724. The Kier molecular flexibility index (Phi) is 5.32. The molecule has 0 aliphatic carbocycles. The summed E-state index contributed by atoms with van der Waals surface area (Å²) in [7, 11) is 0. The van der Waals surface area contributed by atoms with Gasteiger partial charge >= 0.3 is 0 Å². The third kappa shape index (κ3) is 3.63. The predicted molar refractivity (Wildman–Crippen MR) is 68.6 cm³/mol. The molecule has 0 aliphatic heterocycles. The van der Waals surface area contributed by atoms with Gasteiger partial charge in [-0.15, -0.1) is 6.58 Å². The molecule has 0 spiro atoms. The lowest BCUT2D eigenvalue weighted by Crippen LogP contribution is -2.12. The van der Waals surface area contributed by atoms with Crippen molar-refractivity contribution in [1.82, 2.24) is 9.55 Å². The number of hydrogen-bond acceptors (Lipinski definition) is 3. The maximum Gasteiger partial charge on any atom is 0.203 e. The van der Waals surface area contributed by atoms with Crippen molar-refractivity contribution in [3.05, 3.63) is 25.0 Å². The Morgan fingerprint density at radius 1 is 1.73 bits per heavy atom. The van der Waals surface area contributed by atoms with E-state index in [2.05, 4.69) is 35.3 Å². The molecular formula is C11H19N3S. The minimum Gasteiger partial charge on any atom is -0.352 e. The van der Waals surface area contributed by atoms with Crippen molar-refractivity contribution in [3.8, 4) is 0 Å². The van der Waals surface area contributed by atoms with Crippen LogP contribution in [-0.2, 0) is 0 Å². The van der Waals surface area contributed by atoms with Gasteiger partial charge in [0.25, 0.3) is 0 Å². The Morgan fingerprint density at radius 3 is 3.20 bits per heavy atom. The van der Waals surface area contributed by atoms with Crippen LogP contribution in [0.4, 0.5) is 5.95 Å². The van der Waals surface area contributed by atoms with Crippen LogP contribution in [-0.4, -0.2) is 27.6 Å². The highest BCUT2D eigenvalue weighted by Crippen LogP contribution is 2.17. The molecule has 0 bridgehead atoms. The number of anilines is 1. The number of imidazole rings is 1. The highest BCUT2D eigenvalue weighted by atomic mass is 32.2. The number of rotatable bonds is 7. The van der Waals surface area contributed by atoms with Gasteiger partial charge in [0, 0.05) is 30.7 Å². The molecule has 0 radical (unpaired) electrons. The van der Waals surface area contributed by atoms with Gasteiger partial charge in [0.05, 0.1) is 0 Å². The first kappa shape index (κ1) is 12.2. The van der Waals surface area contributed by atoms with Crippen LogP contribution in [0.1, 0.15) is 19.9 Å². The van der Waals surface area contributed by atoms with Gasteiger partial charge in [-0.25, -0.2) is 4.98 Å². The highest BCUT2D eigenvalue weighted by Gasteiger charge is 2.08. The lowest BCUT2D eigenvalue weighted by Gasteiger charge is -2.15. The summed E-state index contributed by atoms with van der Waals surface area (Å²) in [6, 6.07) is 0.477. The van der Waals surface area contributed by atoms with E-state index in [-0.39, 0.29) is 0 Å². The normalized spacial score (nSPS) is 12.4. The minimum absolute atomic E-state index is 0.477. The Balaban J connectivity index is 2.58. The molecule has 1 unspecified atom stereocenters. The van der Waals surface area contributed by atoms with E-state index in [9.17, 15) is 0 Å². The highest BCUT2D eigenvalue weighted by molar-refractivity contribution is 7.99. The fraction of sp³-hybridized carbons (Fsp3) is 0.545. The molecule has 84 valence electrons. The molecule has 1 heterocycles. The molecule has 1 N–H and O–H groups in total. The molecule has 1 aromatic rings. The van der Waals surface area contributed by atoms with Crippen LogP contribution in [0.5, 0.6) is 0 Å². The standard InChI is InChI=1S/C11H19N3S/c1-4-6-12-11-13-7-8-14(11)10(3)9-15-5-2/h4,7-8,10H,1,5-6,9H2,2-3H3,(H,12,13). The van der Waals surface area contributed by atoms with Gasteiger partial charge in [-0.3, -0.25) is 0 Å². The zero-order chi connectivity index (χ0) is 11.1. The number of aromatic nitrogens is 2. The second-order valence-corrected chi connectivity index (χ2v) is 4.66. The van der Waals surface area contributed by atoms with E-state index in [4.69, 9.17) is 0 Å². The second-order valence-electron chi connectivity index (χ2n) is 3.34. The molecule has 0 aromatic carbocycles. The summed E-state index contributed by atoms with van der Waals surface area (Å²) in [6.07, 6.45) is 5.69. The smallest absolute Gasteiger partial charge is 0.203 e. The first-order chi connectivity index (χ1) is 7.29. The monoisotopic (exact) mass is 225 g/mol. The van der Waals surface area contributed by atoms with E-state index in [1.165, 1.54) is 0 Å². The molecule has 1 rings (SSSR count). The van der Waals surface area contributed by atoms with Crippen LogP contribution in [0.25, 0.3) is 0 Å². The van der Waals surface area contributed by atoms with Crippen LogP contribution in [0.15, 0.2) is 25.0 Å². The summed E-state index contributed by atoms with van der Waals surface area (Å²) in [5.74, 6) is 3.21. The molecule has 1 atom stereocenters. The van der Waals surface area contributed by atoms with E-state index in [0.717, 1.165) is 24.0 Å². The molecular weight excluding hydrogens is 206 g/mol. The van der Waals surface area contributed by atoms with Gasteiger partial charge < -0.3 is 9.88 Å². The summed E-state index contributed by atoms with van der Waals surface area (Å²) >= 11 is 1.95. The van der Waals surface area contributed by atoms with Crippen molar-refractivity contribution in [2.75, 3.05) is 23.4 Å². The zero-order valence-corrected chi connectivity index (χ0v) is 10.3. The van der Waals surface area contributed by atoms with Crippen molar-refractivity contribution in [1.29, 1.82) is 0 Å². The molecule has 0 aliphatic rings. The topological polar surface area (TPSA) is 29.9 Å². The van der Waals surface area contributed by atoms with E-state index < -0.39 is 0 Å². The summed E-state index contributed by atoms with van der Waals surface area (Å²) in [4.78, 5) is 4.28. The molecule has 1 aromatic heterocycles. The molecule has 0 fully saturated rings. The average Bonchev–Trinajstić information content (AvgIpc) is 2.71. The van der Waals surface area contributed by atoms with Crippen molar-refractivity contribution < 1.29 is 0 Å². The van der Waals surface area contributed by atoms with Crippen molar-refractivity contribution in [2.24, 2.45) is 0 Å². The lowest BCUT2D eigenvalue weighted by atomic mass is 10.4. The predicted octanol–water partition coefficient (Wildman–Crippen LogP) is 2.80. The molecule has 0 amide bonds. The summed E-state index contributed by atoms with van der Waals surface area (Å²) in [5.41, 5.74) is 0. The van der Waals surface area contributed by atoms with Crippen LogP contribution >= 0.6 is 11.8 Å². The third-order valence-electron chi connectivity index (χ3n) is 2.11. The minimum atomic E-state index is 0.477. The second kappa shape index (κ2) is 6.56. The third-order valence-corrected chi connectivity index (χ3v) is 3.24. The number of nitrogens with zero attached hydrogens (tertiary/aromatic N) is 2. The molecule has 4 heteroatoms. The van der Waals surface area contributed by atoms with Crippen LogP contribution in [0.2, 0.25) is 0 Å². The van der Waals surface area contributed by atoms with Crippen LogP contribution in [0.3, 0.4) is 0 Å². The molecule has 15 heavy (non-hydrogen) atoms. The van der Waals surface area contributed by atoms with Gasteiger partial charge in [-0.2, -0.15) is 11.8 Å². The fourth-order valence-electron chi connectivity index (χ4n) is 1.34. The van der Waals surface area contributed by atoms with E-state index >= 15 is 0 Å². The number of hydrogen-bond donors (Lipinski definition) is 1. The van der Waals surface area contributed by atoms with Gasteiger partial charge in [0.2, 0.25) is 5.95 Å². The molecule has 3 nitrogen and oxygen atoms in total. The van der Waals surface area contributed by atoms with Gasteiger partial charge in [0.15, 0.2) is 0 Å². The SMILES string of the molecule is C=CCNc1nccn1C(C)CSCC. The maximum atomic E-state index is 4.28. The van der Waals surface area contributed by atoms with Crippen molar-refractivity contribution >= 4 is 17.7 Å². The van der Waals surface area contributed by atoms with Crippen LogP contribution in [0, 0.1) is 0 Å². The Bertz CT molecular complexity index is 296. The Labute approximate surface area is 96.0 Å². The zero-order valence-electron chi connectivity index (χ0n) is 9.44. The number of nitrogens with one attached hydrogen (secondary N) is 1. The maximum absolute atomic E-state index is 4.28. The van der Waals surface area contributed by atoms with Crippen molar-refractivity contribution in [3.63, 3.8) is 0 Å². The van der Waals surface area contributed by atoms with Crippen molar-refractivity contribution in [2.45, 2.75) is 19.9 Å². The summed E-state index contributed by atoms with van der Waals surface area (Å²) in [6.45, 7) is 8.83. The van der Waals surface area contributed by atoms with Gasteiger partial charge in [-0.05, 0) is 12.7 Å². The Morgan fingerprint density at radius 2 is 2.53 bits per heavy atom. The summed E-state index contributed by atoms with van der Waals surface area (Å²) < 4.78 is 2.17. The molecule has 0 saturated heterocycles. The van der Waals surface area contributed by atoms with Gasteiger partial charge in [0.1, 0.15) is 0 Å². The largest absolute Gasteiger partial charge is 0.352 e. The Hall–Kier alpha value is -0.900. The lowest BCUT2D eigenvalue weighted by molar-refractivity contribution is 0.615. The number of thioether (sulfide) groups is 1. The van der Waals surface area contributed by atoms with E-state index in [0.29, 0.717) is 6.04 Å². The van der Waals surface area contributed by atoms with E-state index in [1.807, 2.05) is 30.2 Å². The first-order valence-electron chi connectivity index (χ1n) is 5.25. The fourth-order valence-corrected chi connectivity index (χ4v) is 2.08. The van der Waals surface area contributed by atoms with Gasteiger partial charge in [-0.1, -0.05) is 13.0 Å². The van der Waals surface area contributed by atoms with Crippen LogP contribution < -0.4 is 5.32 Å². The first-order valence-corrected chi connectivity index (χ1v) is 6.40. The summed E-state index contributed by atoms with van der Waals surface area (Å²) in [5, 5.41) is 3.22. The van der Waals surface area contributed by atoms with E-state index in [1.54, 1.807) is 0 Å². The molecule has 0 saturated carbocycles. The average molecular weight is 225 g/mol.